The fourth-order valence-corrected chi connectivity index (χ4v) is 4.52. The summed E-state index contributed by atoms with van der Waals surface area (Å²) in [4.78, 5) is 23.6. The van der Waals surface area contributed by atoms with Crippen LogP contribution in [0.2, 0.25) is 0 Å². The van der Waals surface area contributed by atoms with E-state index in [0.717, 1.165) is 25.7 Å². The molecule has 1 aliphatic carbocycles. The van der Waals surface area contributed by atoms with Crippen molar-refractivity contribution in [3.63, 3.8) is 0 Å². The van der Waals surface area contributed by atoms with E-state index in [2.05, 4.69) is 6.92 Å². The SMILES string of the molecule is CCCCCCCCCCCCCCCCOC(=O)CCCCC(=O)OC1CCCCC1. The molecule has 188 valence electrons. The van der Waals surface area contributed by atoms with Crippen molar-refractivity contribution in [1.29, 1.82) is 0 Å². The average molecular weight is 453 g/mol. The molecule has 0 saturated heterocycles. The van der Waals surface area contributed by atoms with Crippen LogP contribution in [0.4, 0.5) is 0 Å². The molecule has 0 aromatic rings. The Bertz CT molecular complexity index is 443. The van der Waals surface area contributed by atoms with Gasteiger partial charge in [0.2, 0.25) is 0 Å². The number of esters is 2. The summed E-state index contributed by atoms with van der Waals surface area (Å²) in [6.45, 7) is 2.82. The summed E-state index contributed by atoms with van der Waals surface area (Å²) in [7, 11) is 0. The van der Waals surface area contributed by atoms with Gasteiger partial charge in [-0.1, -0.05) is 96.8 Å². The molecule has 0 N–H and O–H groups in total. The molecule has 1 fully saturated rings. The van der Waals surface area contributed by atoms with Crippen molar-refractivity contribution >= 4 is 11.9 Å². The Morgan fingerprint density at radius 2 is 1.06 bits per heavy atom. The van der Waals surface area contributed by atoms with Crippen molar-refractivity contribution in [2.45, 2.75) is 161 Å². The van der Waals surface area contributed by atoms with Crippen molar-refractivity contribution in [1.82, 2.24) is 0 Å². The molecule has 0 heterocycles. The van der Waals surface area contributed by atoms with Gasteiger partial charge in [-0.05, 0) is 44.9 Å². The maximum atomic E-state index is 11.8. The fraction of sp³-hybridized carbons (Fsp3) is 0.929. The number of unbranched alkanes of at least 4 members (excludes halogenated alkanes) is 14. The quantitative estimate of drug-likeness (QED) is 0.129. The molecule has 0 atom stereocenters. The maximum Gasteiger partial charge on any atom is 0.306 e. The third kappa shape index (κ3) is 18.5. The topological polar surface area (TPSA) is 52.6 Å². The van der Waals surface area contributed by atoms with Crippen molar-refractivity contribution < 1.29 is 19.1 Å². The van der Waals surface area contributed by atoms with Crippen LogP contribution in [-0.4, -0.2) is 24.6 Å². The Morgan fingerprint density at radius 3 is 1.59 bits per heavy atom. The monoisotopic (exact) mass is 452 g/mol. The highest BCUT2D eigenvalue weighted by atomic mass is 16.5. The zero-order valence-corrected chi connectivity index (χ0v) is 21.2. The second-order valence-corrected chi connectivity index (χ2v) is 9.77. The molecule has 0 spiro atoms. The van der Waals surface area contributed by atoms with Crippen LogP contribution in [-0.2, 0) is 19.1 Å². The molecule has 4 heteroatoms. The van der Waals surface area contributed by atoms with Crippen LogP contribution in [0.1, 0.15) is 155 Å². The van der Waals surface area contributed by atoms with Gasteiger partial charge in [-0.3, -0.25) is 9.59 Å². The van der Waals surface area contributed by atoms with Crippen LogP contribution in [0.3, 0.4) is 0 Å². The molecule has 0 aliphatic heterocycles. The summed E-state index contributed by atoms with van der Waals surface area (Å²) < 4.78 is 10.8. The zero-order valence-electron chi connectivity index (χ0n) is 21.2. The first-order chi connectivity index (χ1) is 15.7. The van der Waals surface area contributed by atoms with Gasteiger partial charge in [0.05, 0.1) is 6.61 Å². The Morgan fingerprint density at radius 1 is 0.594 bits per heavy atom. The maximum absolute atomic E-state index is 11.8. The molecular formula is C28H52O4. The van der Waals surface area contributed by atoms with E-state index in [9.17, 15) is 9.59 Å². The highest BCUT2D eigenvalue weighted by Gasteiger charge is 2.17. The van der Waals surface area contributed by atoms with Gasteiger partial charge in [0, 0.05) is 12.8 Å². The first kappa shape index (κ1) is 29.0. The Balaban J connectivity index is 1.77. The number of carbonyl (C=O) groups is 2. The minimum Gasteiger partial charge on any atom is -0.466 e. The molecular weight excluding hydrogens is 400 g/mol. The largest absolute Gasteiger partial charge is 0.466 e. The third-order valence-corrected chi connectivity index (χ3v) is 6.62. The summed E-state index contributed by atoms with van der Waals surface area (Å²) in [6.07, 6.45) is 26.6. The Labute approximate surface area is 198 Å². The average Bonchev–Trinajstić information content (AvgIpc) is 2.80. The zero-order chi connectivity index (χ0) is 23.1. The first-order valence-corrected chi connectivity index (χ1v) is 14.1. The standard InChI is InChI=1S/C28H52O4/c1-2-3-4-5-6-7-8-9-10-11-12-13-14-20-25-31-27(29)23-18-19-24-28(30)32-26-21-16-15-17-22-26/h26H,2-25H2,1H3. The van der Waals surface area contributed by atoms with E-state index in [4.69, 9.17) is 9.47 Å². The normalized spacial score (nSPS) is 14.4. The van der Waals surface area contributed by atoms with E-state index in [1.807, 2.05) is 0 Å². The third-order valence-electron chi connectivity index (χ3n) is 6.62. The number of rotatable bonds is 21. The van der Waals surface area contributed by atoms with Crippen LogP contribution < -0.4 is 0 Å². The summed E-state index contributed by atoms with van der Waals surface area (Å²) >= 11 is 0. The Hall–Kier alpha value is -1.06. The first-order valence-electron chi connectivity index (χ1n) is 14.1. The van der Waals surface area contributed by atoms with E-state index in [0.29, 0.717) is 32.3 Å². The lowest BCUT2D eigenvalue weighted by Gasteiger charge is -2.21. The van der Waals surface area contributed by atoms with E-state index in [1.165, 1.54) is 96.3 Å². The molecule has 0 aromatic heterocycles. The van der Waals surface area contributed by atoms with E-state index in [-0.39, 0.29) is 18.0 Å². The van der Waals surface area contributed by atoms with Gasteiger partial charge in [-0.15, -0.1) is 0 Å². The smallest absolute Gasteiger partial charge is 0.306 e. The highest BCUT2D eigenvalue weighted by Crippen LogP contribution is 2.21. The van der Waals surface area contributed by atoms with Crippen LogP contribution in [0, 0.1) is 0 Å². The van der Waals surface area contributed by atoms with Crippen LogP contribution >= 0.6 is 0 Å². The second kappa shape index (κ2) is 21.8. The van der Waals surface area contributed by atoms with Crippen molar-refractivity contribution in [2.75, 3.05) is 6.61 Å². The fourth-order valence-electron chi connectivity index (χ4n) is 4.52. The summed E-state index contributed by atoms with van der Waals surface area (Å²) in [6, 6.07) is 0. The summed E-state index contributed by atoms with van der Waals surface area (Å²) in [5, 5.41) is 0. The van der Waals surface area contributed by atoms with Gasteiger partial charge < -0.3 is 9.47 Å². The molecule has 0 radical (unpaired) electrons. The number of hydrogen-bond acceptors (Lipinski definition) is 4. The predicted molar refractivity (Wildman–Crippen MR) is 133 cm³/mol. The van der Waals surface area contributed by atoms with Gasteiger partial charge in [0.25, 0.3) is 0 Å². The lowest BCUT2D eigenvalue weighted by atomic mass is 9.98. The van der Waals surface area contributed by atoms with Crippen molar-refractivity contribution in [3.8, 4) is 0 Å². The van der Waals surface area contributed by atoms with Crippen molar-refractivity contribution in [3.05, 3.63) is 0 Å². The van der Waals surface area contributed by atoms with Crippen LogP contribution in [0.15, 0.2) is 0 Å². The van der Waals surface area contributed by atoms with Crippen molar-refractivity contribution in [2.24, 2.45) is 0 Å². The molecule has 0 unspecified atom stereocenters. The molecule has 32 heavy (non-hydrogen) atoms. The number of hydrogen-bond donors (Lipinski definition) is 0. The molecule has 0 aromatic carbocycles. The summed E-state index contributed by atoms with van der Waals surface area (Å²) in [5.41, 5.74) is 0. The highest BCUT2D eigenvalue weighted by molar-refractivity contribution is 5.70. The lowest BCUT2D eigenvalue weighted by Crippen LogP contribution is -2.20. The minimum atomic E-state index is -0.125. The molecule has 1 rings (SSSR count). The molecule has 0 amide bonds. The predicted octanol–water partition coefficient (Wildman–Crippen LogP) is 8.45. The van der Waals surface area contributed by atoms with Gasteiger partial charge in [0.1, 0.15) is 6.10 Å². The molecule has 4 nitrogen and oxygen atoms in total. The van der Waals surface area contributed by atoms with E-state index in [1.54, 1.807) is 0 Å². The number of ether oxygens (including phenoxy) is 2. The lowest BCUT2D eigenvalue weighted by molar-refractivity contribution is -0.151. The van der Waals surface area contributed by atoms with E-state index >= 15 is 0 Å². The van der Waals surface area contributed by atoms with E-state index < -0.39 is 0 Å². The van der Waals surface area contributed by atoms with Crippen LogP contribution in [0.5, 0.6) is 0 Å². The van der Waals surface area contributed by atoms with Gasteiger partial charge in [-0.25, -0.2) is 0 Å². The molecule has 1 aliphatic rings. The molecule has 1 saturated carbocycles. The minimum absolute atomic E-state index is 0.104. The number of carbonyl (C=O) groups excluding carboxylic acids is 2. The second-order valence-electron chi connectivity index (χ2n) is 9.77. The van der Waals surface area contributed by atoms with Gasteiger partial charge in [0.15, 0.2) is 0 Å². The molecule has 0 bridgehead atoms. The summed E-state index contributed by atoms with van der Waals surface area (Å²) in [5.74, 6) is -0.229. The van der Waals surface area contributed by atoms with Crippen LogP contribution in [0.25, 0.3) is 0 Å². The van der Waals surface area contributed by atoms with Gasteiger partial charge >= 0.3 is 11.9 Å². The Kier molecular flexibility index (Phi) is 19.7. The van der Waals surface area contributed by atoms with Gasteiger partial charge in [-0.2, -0.15) is 0 Å².